The molecule has 0 aliphatic rings. The summed E-state index contributed by atoms with van der Waals surface area (Å²) in [4.78, 5) is 36.3. The van der Waals surface area contributed by atoms with Crippen LogP contribution in [0, 0.1) is 0 Å². The van der Waals surface area contributed by atoms with E-state index in [1.165, 1.54) is 0 Å². The number of ketones is 1. The zero-order valence-electron chi connectivity index (χ0n) is 16.0. The molecule has 0 bridgehead atoms. The van der Waals surface area contributed by atoms with Crippen molar-refractivity contribution >= 4 is 5.78 Å². The predicted molar refractivity (Wildman–Crippen MR) is 113 cm³/mol. The van der Waals surface area contributed by atoms with Gasteiger partial charge in [0, 0.05) is 18.5 Å². The van der Waals surface area contributed by atoms with Crippen LogP contribution in [0.2, 0.25) is 0 Å². The molecule has 2 N–H and O–H groups in total. The molecule has 30 heavy (non-hydrogen) atoms. The van der Waals surface area contributed by atoms with Crippen LogP contribution in [0.5, 0.6) is 5.75 Å². The third-order valence-corrected chi connectivity index (χ3v) is 4.86. The second kappa shape index (κ2) is 8.53. The van der Waals surface area contributed by atoms with Crippen molar-refractivity contribution in [3.63, 3.8) is 0 Å². The van der Waals surface area contributed by atoms with Gasteiger partial charge in [0.05, 0.1) is 0 Å². The molecule has 0 unspecified atom stereocenters. The number of carbonyl (C=O) groups is 1. The summed E-state index contributed by atoms with van der Waals surface area (Å²) >= 11 is 0. The smallest absolute Gasteiger partial charge is 0.294 e. The Bertz CT molecular complexity index is 1170. The average molecular weight is 397 g/mol. The van der Waals surface area contributed by atoms with Crippen LogP contribution in [-0.2, 0) is 0 Å². The van der Waals surface area contributed by atoms with Crippen molar-refractivity contribution < 1.29 is 9.90 Å². The van der Waals surface area contributed by atoms with Crippen molar-refractivity contribution in [2.45, 2.75) is 12.3 Å². The molecule has 0 saturated heterocycles. The molecule has 4 rings (SSSR count). The van der Waals surface area contributed by atoms with E-state index >= 15 is 0 Å². The lowest BCUT2D eigenvalue weighted by atomic mass is 9.86. The topological polar surface area (TPSA) is 95.9 Å². The van der Waals surface area contributed by atoms with Crippen LogP contribution in [0.4, 0.5) is 0 Å². The van der Waals surface area contributed by atoms with Gasteiger partial charge < -0.3 is 10.1 Å². The van der Waals surface area contributed by atoms with Gasteiger partial charge in [-0.15, -0.1) is 0 Å². The van der Waals surface area contributed by atoms with Gasteiger partial charge in [0.2, 0.25) is 5.75 Å². The Morgan fingerprint density at radius 2 is 1.50 bits per heavy atom. The molecule has 0 fully saturated rings. The highest BCUT2D eigenvalue weighted by atomic mass is 16.3. The number of Topliss-reactive ketones (excluding diaryl/α,β-unsaturated/α-hetero) is 1. The van der Waals surface area contributed by atoms with Gasteiger partial charge in [-0.2, -0.15) is 0 Å². The third kappa shape index (κ3) is 4.03. The fraction of sp³-hybridized carbons (Fsp3) is 0.0833. The number of nitrogens with one attached hydrogen (secondary N) is 1. The van der Waals surface area contributed by atoms with E-state index in [0.29, 0.717) is 5.69 Å². The summed E-state index contributed by atoms with van der Waals surface area (Å²) in [6.07, 6.45) is 1.62. The molecule has 0 amide bonds. The highest BCUT2D eigenvalue weighted by Gasteiger charge is 2.24. The molecule has 0 atom stereocenters. The first-order valence-electron chi connectivity index (χ1n) is 9.51. The van der Waals surface area contributed by atoms with Crippen LogP contribution >= 0.6 is 0 Å². The number of pyridine rings is 1. The van der Waals surface area contributed by atoms with Crippen LogP contribution in [0.1, 0.15) is 34.0 Å². The number of aromatic amines is 1. The Morgan fingerprint density at radius 1 is 0.900 bits per heavy atom. The number of benzene rings is 2. The molecule has 0 saturated carbocycles. The first-order chi connectivity index (χ1) is 14.6. The fourth-order valence-corrected chi connectivity index (χ4v) is 3.37. The maximum absolute atomic E-state index is 13.2. The van der Waals surface area contributed by atoms with Crippen molar-refractivity contribution in [1.82, 2.24) is 15.0 Å². The largest absolute Gasteiger partial charge is 0.501 e. The van der Waals surface area contributed by atoms with Crippen LogP contribution in [0.15, 0.2) is 89.9 Å². The molecule has 2 aromatic carbocycles. The molecule has 2 aromatic heterocycles. The van der Waals surface area contributed by atoms with Crippen molar-refractivity contribution in [1.29, 1.82) is 0 Å². The van der Waals surface area contributed by atoms with E-state index in [1.54, 1.807) is 24.4 Å². The summed E-state index contributed by atoms with van der Waals surface area (Å²) in [5, 5.41) is 10.2. The first-order valence-corrected chi connectivity index (χ1v) is 9.51. The van der Waals surface area contributed by atoms with Crippen LogP contribution in [-0.4, -0.2) is 25.8 Å². The van der Waals surface area contributed by atoms with E-state index in [0.717, 1.165) is 11.1 Å². The number of H-pyrrole nitrogens is 1. The first kappa shape index (κ1) is 19.3. The Balaban J connectivity index is 1.73. The van der Waals surface area contributed by atoms with Gasteiger partial charge >= 0.3 is 0 Å². The van der Waals surface area contributed by atoms with Gasteiger partial charge in [-0.3, -0.25) is 14.6 Å². The zero-order valence-corrected chi connectivity index (χ0v) is 16.0. The number of nitrogens with zero attached hydrogens (tertiary/aromatic N) is 2. The molecular formula is C24H19N3O3. The van der Waals surface area contributed by atoms with Crippen LogP contribution < -0.4 is 5.56 Å². The van der Waals surface area contributed by atoms with E-state index < -0.39 is 17.1 Å². The minimum Gasteiger partial charge on any atom is -0.501 e. The van der Waals surface area contributed by atoms with Crippen molar-refractivity contribution in [3.05, 3.63) is 112 Å². The summed E-state index contributed by atoms with van der Waals surface area (Å²) in [7, 11) is 0. The minimum atomic E-state index is -0.773. The predicted octanol–water partition coefficient (Wildman–Crippen LogP) is 3.94. The summed E-state index contributed by atoms with van der Waals surface area (Å²) in [6.45, 7) is 0. The highest BCUT2D eigenvalue weighted by molar-refractivity contribution is 5.97. The standard InChI is InChI=1S/C24H19N3O3/c28-20(15-18(16-9-3-1-4-10-16)17-11-5-2-6-12-17)21-22(29)24(30)27-23(26-21)19-13-7-8-14-25-19/h1-14,18,29H,15H2,(H,26,27,30). The van der Waals surface area contributed by atoms with E-state index in [9.17, 15) is 14.7 Å². The molecule has 6 nitrogen and oxygen atoms in total. The van der Waals surface area contributed by atoms with E-state index in [2.05, 4.69) is 15.0 Å². The Hall–Kier alpha value is -4.06. The lowest BCUT2D eigenvalue weighted by Gasteiger charge is -2.17. The van der Waals surface area contributed by atoms with Crippen LogP contribution in [0.3, 0.4) is 0 Å². The summed E-state index contributed by atoms with van der Waals surface area (Å²) < 4.78 is 0. The minimum absolute atomic E-state index is 0.0553. The SMILES string of the molecule is O=C(CC(c1ccccc1)c1ccccc1)c1nc(-c2ccccn2)[nH]c(=O)c1O. The number of rotatable bonds is 6. The maximum Gasteiger partial charge on any atom is 0.294 e. The number of carbonyl (C=O) groups excluding carboxylic acids is 1. The third-order valence-electron chi connectivity index (χ3n) is 4.86. The van der Waals surface area contributed by atoms with Gasteiger partial charge in [-0.25, -0.2) is 4.98 Å². The van der Waals surface area contributed by atoms with E-state index in [1.807, 2.05) is 60.7 Å². The number of hydrogen-bond donors (Lipinski definition) is 2. The molecule has 4 aromatic rings. The van der Waals surface area contributed by atoms with Crippen molar-refractivity contribution in [2.24, 2.45) is 0 Å². The average Bonchev–Trinajstić information content (AvgIpc) is 2.80. The molecule has 148 valence electrons. The lowest BCUT2D eigenvalue weighted by molar-refractivity contribution is 0.0969. The van der Waals surface area contributed by atoms with Gasteiger partial charge in [0.1, 0.15) is 5.69 Å². The molecule has 2 heterocycles. The molecule has 6 heteroatoms. The zero-order chi connectivity index (χ0) is 20.9. The molecular weight excluding hydrogens is 378 g/mol. The second-order valence-corrected chi connectivity index (χ2v) is 6.83. The normalized spacial score (nSPS) is 10.8. The summed E-state index contributed by atoms with van der Waals surface area (Å²) in [6, 6.07) is 24.4. The highest BCUT2D eigenvalue weighted by Crippen LogP contribution is 2.30. The summed E-state index contributed by atoms with van der Waals surface area (Å²) in [5.41, 5.74) is 1.31. The Morgan fingerprint density at radius 3 is 2.07 bits per heavy atom. The van der Waals surface area contributed by atoms with Crippen molar-refractivity contribution in [2.75, 3.05) is 0 Å². The van der Waals surface area contributed by atoms with Crippen LogP contribution in [0.25, 0.3) is 11.5 Å². The van der Waals surface area contributed by atoms with Gasteiger partial charge in [0.15, 0.2) is 17.3 Å². The summed E-state index contributed by atoms with van der Waals surface area (Å²) in [5.74, 6) is -1.20. The Kier molecular flexibility index (Phi) is 5.48. The van der Waals surface area contributed by atoms with Gasteiger partial charge in [0.25, 0.3) is 5.56 Å². The lowest BCUT2D eigenvalue weighted by Crippen LogP contribution is -2.17. The number of hydrogen-bond acceptors (Lipinski definition) is 5. The Labute approximate surface area is 172 Å². The van der Waals surface area contributed by atoms with Gasteiger partial charge in [-0.05, 0) is 23.3 Å². The maximum atomic E-state index is 13.2. The van der Waals surface area contributed by atoms with Crippen molar-refractivity contribution in [3.8, 4) is 17.3 Å². The van der Waals surface area contributed by atoms with Gasteiger partial charge in [-0.1, -0.05) is 66.7 Å². The number of aromatic hydroxyl groups is 1. The number of aromatic nitrogens is 3. The van der Waals surface area contributed by atoms with E-state index in [-0.39, 0.29) is 23.9 Å². The molecule has 0 spiro atoms. The quantitative estimate of drug-likeness (QED) is 0.481. The second-order valence-electron chi connectivity index (χ2n) is 6.83. The van der Waals surface area contributed by atoms with E-state index in [4.69, 9.17) is 0 Å². The fourth-order valence-electron chi connectivity index (χ4n) is 3.37. The molecule has 0 aliphatic carbocycles. The molecule has 0 aliphatic heterocycles. The monoisotopic (exact) mass is 397 g/mol. The molecule has 0 radical (unpaired) electrons.